The highest BCUT2D eigenvalue weighted by atomic mass is 79.9. The normalized spacial score (nSPS) is 11.8. The molecule has 2 aromatic carbocycles. The molecule has 2 rings (SSSR count). The predicted octanol–water partition coefficient (Wildman–Crippen LogP) is 3.75. The molecule has 2 aromatic rings. The SMILES string of the molecule is CC(C)N(C)S(=O)(=O)c1cccc(C(=O)N(C)Cc2ccccc2Br)c1. The smallest absolute Gasteiger partial charge is 0.253 e. The standard InChI is InChI=1S/C19H23BrN2O3S/c1-14(2)22(4)26(24,25)17-10-7-9-15(12-17)19(23)21(3)13-16-8-5-6-11-18(16)20/h5-12,14H,13H2,1-4H3. The summed E-state index contributed by atoms with van der Waals surface area (Å²) >= 11 is 3.47. The van der Waals surface area contributed by atoms with Crippen LogP contribution in [0.4, 0.5) is 0 Å². The number of rotatable bonds is 6. The van der Waals surface area contributed by atoms with Crippen molar-refractivity contribution in [1.82, 2.24) is 9.21 Å². The third-order valence-electron chi connectivity index (χ3n) is 4.20. The predicted molar refractivity (Wildman–Crippen MR) is 106 cm³/mol. The number of amides is 1. The zero-order chi connectivity index (χ0) is 19.5. The van der Waals surface area contributed by atoms with Crippen LogP contribution in [0.15, 0.2) is 57.9 Å². The highest BCUT2D eigenvalue weighted by Gasteiger charge is 2.24. The summed E-state index contributed by atoms with van der Waals surface area (Å²) < 4.78 is 27.5. The highest BCUT2D eigenvalue weighted by molar-refractivity contribution is 9.10. The van der Waals surface area contributed by atoms with E-state index < -0.39 is 10.0 Å². The van der Waals surface area contributed by atoms with E-state index in [2.05, 4.69) is 15.9 Å². The van der Waals surface area contributed by atoms with E-state index in [1.807, 2.05) is 24.3 Å². The molecule has 0 spiro atoms. The van der Waals surface area contributed by atoms with Crippen molar-refractivity contribution in [2.75, 3.05) is 14.1 Å². The molecule has 0 aliphatic heterocycles. The zero-order valence-electron chi connectivity index (χ0n) is 15.3. The fraction of sp³-hybridized carbons (Fsp3) is 0.316. The Labute approximate surface area is 163 Å². The van der Waals surface area contributed by atoms with Gasteiger partial charge in [-0.1, -0.05) is 40.2 Å². The molecule has 7 heteroatoms. The van der Waals surface area contributed by atoms with Gasteiger partial charge in [-0.25, -0.2) is 8.42 Å². The van der Waals surface area contributed by atoms with Gasteiger partial charge in [0.05, 0.1) is 4.90 Å². The Morgan fingerprint density at radius 2 is 1.73 bits per heavy atom. The highest BCUT2D eigenvalue weighted by Crippen LogP contribution is 2.21. The molecule has 0 fully saturated rings. The van der Waals surface area contributed by atoms with Crippen molar-refractivity contribution in [2.45, 2.75) is 31.3 Å². The first kappa shape index (κ1) is 20.6. The van der Waals surface area contributed by atoms with Crippen LogP contribution in [0.25, 0.3) is 0 Å². The minimum absolute atomic E-state index is 0.119. The van der Waals surface area contributed by atoms with Gasteiger partial charge in [0.15, 0.2) is 0 Å². The number of carbonyl (C=O) groups excluding carboxylic acids is 1. The van der Waals surface area contributed by atoms with Crippen LogP contribution < -0.4 is 0 Å². The summed E-state index contributed by atoms with van der Waals surface area (Å²) in [7, 11) is -0.398. The van der Waals surface area contributed by atoms with Crippen molar-refractivity contribution in [3.63, 3.8) is 0 Å². The van der Waals surface area contributed by atoms with Crippen LogP contribution in [0.3, 0.4) is 0 Å². The zero-order valence-corrected chi connectivity index (χ0v) is 17.7. The van der Waals surface area contributed by atoms with Crippen molar-refractivity contribution in [3.8, 4) is 0 Å². The molecule has 0 aromatic heterocycles. The maximum Gasteiger partial charge on any atom is 0.253 e. The molecule has 0 N–H and O–H groups in total. The molecular formula is C19H23BrN2O3S. The average molecular weight is 439 g/mol. The van der Waals surface area contributed by atoms with Gasteiger partial charge >= 0.3 is 0 Å². The Bertz CT molecular complexity index is 897. The second-order valence-electron chi connectivity index (χ2n) is 6.40. The first-order valence-corrected chi connectivity index (χ1v) is 10.4. The van der Waals surface area contributed by atoms with Gasteiger partial charge in [0, 0.05) is 36.7 Å². The number of hydrogen-bond donors (Lipinski definition) is 0. The molecule has 0 aliphatic carbocycles. The van der Waals surface area contributed by atoms with Gasteiger partial charge in [-0.05, 0) is 43.7 Å². The van der Waals surface area contributed by atoms with Crippen molar-refractivity contribution >= 4 is 31.9 Å². The van der Waals surface area contributed by atoms with Crippen LogP contribution in [0.2, 0.25) is 0 Å². The van der Waals surface area contributed by atoms with E-state index >= 15 is 0 Å². The third-order valence-corrected chi connectivity index (χ3v) is 7.00. The van der Waals surface area contributed by atoms with E-state index in [9.17, 15) is 13.2 Å². The van der Waals surface area contributed by atoms with E-state index in [1.165, 1.54) is 23.5 Å². The number of halogens is 1. The Morgan fingerprint density at radius 3 is 2.35 bits per heavy atom. The molecule has 5 nitrogen and oxygen atoms in total. The molecule has 0 radical (unpaired) electrons. The Morgan fingerprint density at radius 1 is 1.08 bits per heavy atom. The lowest BCUT2D eigenvalue weighted by molar-refractivity contribution is 0.0784. The number of hydrogen-bond acceptors (Lipinski definition) is 3. The van der Waals surface area contributed by atoms with Crippen molar-refractivity contribution in [2.24, 2.45) is 0 Å². The van der Waals surface area contributed by atoms with Gasteiger partial charge < -0.3 is 4.90 Å². The summed E-state index contributed by atoms with van der Waals surface area (Å²) in [6.07, 6.45) is 0. The molecule has 140 valence electrons. The lowest BCUT2D eigenvalue weighted by Gasteiger charge is -2.22. The second-order valence-corrected chi connectivity index (χ2v) is 9.25. The van der Waals surface area contributed by atoms with E-state index in [1.54, 1.807) is 37.9 Å². The minimum atomic E-state index is -3.63. The van der Waals surface area contributed by atoms with Gasteiger partial charge in [0.25, 0.3) is 5.91 Å². The van der Waals surface area contributed by atoms with Crippen molar-refractivity contribution in [3.05, 3.63) is 64.1 Å². The van der Waals surface area contributed by atoms with Crippen molar-refractivity contribution in [1.29, 1.82) is 0 Å². The molecule has 0 bridgehead atoms. The summed E-state index contributed by atoms with van der Waals surface area (Å²) in [5, 5.41) is 0. The van der Waals surface area contributed by atoms with E-state index in [0.29, 0.717) is 12.1 Å². The Balaban J connectivity index is 2.27. The number of nitrogens with zero attached hydrogens (tertiary/aromatic N) is 2. The topological polar surface area (TPSA) is 57.7 Å². The summed E-state index contributed by atoms with van der Waals surface area (Å²) in [5.41, 5.74) is 1.32. The van der Waals surface area contributed by atoms with Gasteiger partial charge in [0.1, 0.15) is 0 Å². The van der Waals surface area contributed by atoms with Crippen molar-refractivity contribution < 1.29 is 13.2 Å². The lowest BCUT2D eigenvalue weighted by atomic mass is 10.1. The Hall–Kier alpha value is -1.70. The summed E-state index contributed by atoms with van der Waals surface area (Å²) in [4.78, 5) is 14.4. The number of carbonyl (C=O) groups is 1. The minimum Gasteiger partial charge on any atom is -0.337 e. The van der Waals surface area contributed by atoms with Crippen LogP contribution in [-0.2, 0) is 16.6 Å². The maximum absolute atomic E-state index is 12.7. The van der Waals surface area contributed by atoms with E-state index in [0.717, 1.165) is 10.0 Å². The molecule has 0 heterocycles. The molecule has 26 heavy (non-hydrogen) atoms. The molecule has 0 atom stereocenters. The van der Waals surface area contributed by atoms with Crippen LogP contribution >= 0.6 is 15.9 Å². The van der Waals surface area contributed by atoms with Gasteiger partial charge in [-0.3, -0.25) is 4.79 Å². The number of benzene rings is 2. The molecule has 0 unspecified atom stereocenters. The number of sulfonamides is 1. The summed E-state index contributed by atoms with van der Waals surface area (Å²) in [5.74, 6) is -0.231. The molecule has 0 saturated heterocycles. The van der Waals surface area contributed by atoms with Gasteiger partial charge in [0.2, 0.25) is 10.0 Å². The first-order chi connectivity index (χ1) is 12.1. The molecular weight excluding hydrogens is 416 g/mol. The van der Waals surface area contributed by atoms with E-state index in [-0.39, 0.29) is 16.8 Å². The lowest BCUT2D eigenvalue weighted by Crippen LogP contribution is -2.33. The third kappa shape index (κ3) is 4.52. The first-order valence-electron chi connectivity index (χ1n) is 8.21. The fourth-order valence-corrected chi connectivity index (χ4v) is 4.23. The molecule has 1 amide bonds. The molecule has 0 aliphatic rings. The van der Waals surface area contributed by atoms with Gasteiger partial charge in [-0.2, -0.15) is 4.31 Å². The maximum atomic E-state index is 12.7. The largest absolute Gasteiger partial charge is 0.337 e. The quantitative estimate of drug-likeness (QED) is 0.689. The van der Waals surface area contributed by atoms with Crippen LogP contribution in [-0.4, -0.2) is 43.7 Å². The second kappa shape index (κ2) is 8.33. The van der Waals surface area contributed by atoms with E-state index in [4.69, 9.17) is 0 Å². The summed E-state index contributed by atoms with van der Waals surface area (Å²) in [6, 6.07) is 13.7. The fourth-order valence-electron chi connectivity index (χ4n) is 2.41. The van der Waals surface area contributed by atoms with Crippen LogP contribution in [0.1, 0.15) is 29.8 Å². The van der Waals surface area contributed by atoms with Gasteiger partial charge in [-0.15, -0.1) is 0 Å². The monoisotopic (exact) mass is 438 g/mol. The van der Waals surface area contributed by atoms with Crippen LogP contribution in [0, 0.1) is 0 Å². The van der Waals surface area contributed by atoms with Crippen LogP contribution in [0.5, 0.6) is 0 Å². The molecule has 0 saturated carbocycles. The Kier molecular flexibility index (Phi) is 6.60. The average Bonchev–Trinajstić information content (AvgIpc) is 2.62. The summed E-state index contributed by atoms with van der Waals surface area (Å²) in [6.45, 7) is 4.03.